The van der Waals surface area contributed by atoms with Crippen molar-refractivity contribution in [3.8, 4) is 33.4 Å². The molecule has 1 aliphatic rings. The van der Waals surface area contributed by atoms with Crippen LogP contribution in [-0.2, 0) is 5.41 Å². The summed E-state index contributed by atoms with van der Waals surface area (Å²) in [7, 11) is 0. The average Bonchev–Trinajstić information content (AvgIpc) is 3.67. The molecular weight excluding hydrogens is 619 g/mol. The van der Waals surface area contributed by atoms with Gasteiger partial charge in [-0.1, -0.05) is 141 Å². The van der Waals surface area contributed by atoms with Crippen molar-refractivity contribution in [3.63, 3.8) is 0 Å². The van der Waals surface area contributed by atoms with Gasteiger partial charge in [-0.05, 0) is 98.4 Å². The fourth-order valence-corrected chi connectivity index (χ4v) is 8.38. The molecule has 1 aliphatic carbocycles. The van der Waals surface area contributed by atoms with Crippen LogP contribution in [0.1, 0.15) is 25.0 Å². The summed E-state index contributed by atoms with van der Waals surface area (Å²) in [6.45, 7) is 4.70. The lowest BCUT2D eigenvalue weighted by Crippen LogP contribution is -2.16. The molecule has 0 N–H and O–H groups in total. The van der Waals surface area contributed by atoms with Crippen molar-refractivity contribution in [2.45, 2.75) is 19.3 Å². The highest BCUT2D eigenvalue weighted by Gasteiger charge is 2.35. The second-order valence-electron chi connectivity index (χ2n) is 14.1. The van der Waals surface area contributed by atoms with Crippen molar-refractivity contribution in [2.24, 2.45) is 0 Å². The first kappa shape index (κ1) is 29.5. The highest BCUT2D eigenvalue weighted by molar-refractivity contribution is 6.22. The van der Waals surface area contributed by atoms with Crippen LogP contribution in [-0.4, -0.2) is 0 Å². The number of furan rings is 1. The highest BCUT2D eigenvalue weighted by Crippen LogP contribution is 2.51. The third-order valence-corrected chi connectivity index (χ3v) is 10.8. The second kappa shape index (κ2) is 11.3. The summed E-state index contributed by atoms with van der Waals surface area (Å²) in [6, 6.07) is 63.7. The van der Waals surface area contributed by atoms with Gasteiger partial charge in [-0.2, -0.15) is 0 Å². The van der Waals surface area contributed by atoms with Crippen molar-refractivity contribution < 1.29 is 4.42 Å². The Morgan fingerprint density at radius 1 is 0.412 bits per heavy atom. The molecule has 0 amide bonds. The first-order valence-electron chi connectivity index (χ1n) is 17.7. The lowest BCUT2D eigenvalue weighted by Gasteiger charge is -2.29. The van der Waals surface area contributed by atoms with Crippen LogP contribution in [0, 0.1) is 0 Å². The number of hydrogen-bond acceptors (Lipinski definition) is 2. The predicted octanol–water partition coefficient (Wildman–Crippen LogP) is 13.8. The van der Waals surface area contributed by atoms with Gasteiger partial charge >= 0.3 is 0 Å². The highest BCUT2D eigenvalue weighted by atomic mass is 16.3. The molecule has 0 bridgehead atoms. The van der Waals surface area contributed by atoms with E-state index in [2.05, 4.69) is 189 Å². The molecular formula is C49H35NO. The van der Waals surface area contributed by atoms with E-state index in [-0.39, 0.29) is 5.41 Å². The number of rotatable bonds is 5. The van der Waals surface area contributed by atoms with Gasteiger partial charge in [0, 0.05) is 38.6 Å². The van der Waals surface area contributed by atoms with Crippen LogP contribution in [0.2, 0.25) is 0 Å². The molecule has 2 heteroatoms. The summed E-state index contributed by atoms with van der Waals surface area (Å²) < 4.78 is 6.35. The van der Waals surface area contributed by atoms with E-state index in [0.29, 0.717) is 0 Å². The quantitative estimate of drug-likeness (QED) is 0.184. The minimum Gasteiger partial charge on any atom is -0.456 e. The Morgan fingerprint density at radius 2 is 1.06 bits per heavy atom. The molecule has 0 fully saturated rings. The van der Waals surface area contributed by atoms with E-state index in [1.165, 1.54) is 49.7 Å². The van der Waals surface area contributed by atoms with E-state index >= 15 is 0 Å². The summed E-state index contributed by atoms with van der Waals surface area (Å²) in [5, 5.41) is 4.72. The molecule has 9 aromatic rings. The molecule has 0 saturated heterocycles. The zero-order valence-electron chi connectivity index (χ0n) is 28.6. The van der Waals surface area contributed by atoms with Crippen LogP contribution in [0.15, 0.2) is 180 Å². The molecule has 0 aliphatic heterocycles. The number of fused-ring (bicyclic) bond motifs is 8. The summed E-state index contributed by atoms with van der Waals surface area (Å²) >= 11 is 0. The molecule has 8 aromatic carbocycles. The topological polar surface area (TPSA) is 16.4 Å². The van der Waals surface area contributed by atoms with Crippen molar-refractivity contribution in [1.82, 2.24) is 0 Å². The summed E-state index contributed by atoms with van der Waals surface area (Å²) in [5.74, 6) is 0. The minimum atomic E-state index is -0.108. The fraction of sp³-hybridized carbons (Fsp3) is 0.0612. The third kappa shape index (κ3) is 4.64. The summed E-state index contributed by atoms with van der Waals surface area (Å²) in [4.78, 5) is 2.42. The van der Waals surface area contributed by atoms with E-state index in [9.17, 15) is 0 Å². The van der Waals surface area contributed by atoms with Gasteiger partial charge in [0.1, 0.15) is 11.2 Å². The Balaban J connectivity index is 1.19. The molecule has 1 heterocycles. The van der Waals surface area contributed by atoms with Crippen LogP contribution in [0.3, 0.4) is 0 Å². The second-order valence-corrected chi connectivity index (χ2v) is 14.1. The molecule has 242 valence electrons. The molecule has 1 aromatic heterocycles. The molecule has 0 spiro atoms. The van der Waals surface area contributed by atoms with Gasteiger partial charge in [-0.15, -0.1) is 0 Å². The molecule has 2 nitrogen and oxygen atoms in total. The Labute approximate surface area is 297 Å². The maximum atomic E-state index is 6.35. The van der Waals surface area contributed by atoms with E-state index in [1.807, 2.05) is 6.07 Å². The minimum absolute atomic E-state index is 0.108. The van der Waals surface area contributed by atoms with E-state index in [1.54, 1.807) is 0 Å². The van der Waals surface area contributed by atoms with Crippen molar-refractivity contribution in [3.05, 3.63) is 187 Å². The van der Waals surface area contributed by atoms with Crippen LogP contribution < -0.4 is 4.90 Å². The predicted molar refractivity (Wildman–Crippen MR) is 214 cm³/mol. The third-order valence-electron chi connectivity index (χ3n) is 10.8. The van der Waals surface area contributed by atoms with E-state index in [0.717, 1.165) is 44.6 Å². The Kier molecular flexibility index (Phi) is 6.56. The van der Waals surface area contributed by atoms with E-state index < -0.39 is 0 Å². The lowest BCUT2D eigenvalue weighted by molar-refractivity contribution is 0.660. The largest absolute Gasteiger partial charge is 0.456 e. The molecule has 51 heavy (non-hydrogen) atoms. The van der Waals surface area contributed by atoms with Crippen molar-refractivity contribution in [2.75, 3.05) is 4.90 Å². The standard InChI is InChI=1S/C49H35NO/c1-49(2)43-23-8-6-20-40(43)41-27-26-38(31-44(41)49)50(36-18-10-16-34(29-36)32-13-4-3-5-14-32)37-19-11-17-35(30-37)39-22-12-15-33-25-28-46-48(47(33)39)42-21-7-9-24-45(42)51-46/h3-31H,1-2H3. The smallest absolute Gasteiger partial charge is 0.136 e. The first-order valence-corrected chi connectivity index (χ1v) is 17.7. The zero-order valence-corrected chi connectivity index (χ0v) is 28.6. The maximum absolute atomic E-state index is 6.35. The van der Waals surface area contributed by atoms with E-state index in [4.69, 9.17) is 4.42 Å². The number of nitrogens with zero attached hydrogens (tertiary/aromatic N) is 1. The van der Waals surface area contributed by atoms with Gasteiger partial charge in [0.25, 0.3) is 0 Å². The van der Waals surface area contributed by atoms with Gasteiger partial charge in [-0.3, -0.25) is 0 Å². The molecule has 0 radical (unpaired) electrons. The monoisotopic (exact) mass is 653 g/mol. The van der Waals surface area contributed by atoms with Gasteiger partial charge in [0.05, 0.1) is 0 Å². The number of para-hydroxylation sites is 1. The molecule has 0 unspecified atom stereocenters. The number of benzene rings is 8. The van der Waals surface area contributed by atoms with Crippen molar-refractivity contribution in [1.29, 1.82) is 0 Å². The SMILES string of the molecule is CC1(C)c2ccccc2-c2ccc(N(c3cccc(-c4ccccc4)c3)c3cccc(-c4cccc5ccc6oc7ccccc7c6c45)c3)cc21. The van der Waals surface area contributed by atoms with Gasteiger partial charge in [0.2, 0.25) is 0 Å². The molecule has 10 rings (SSSR count). The van der Waals surface area contributed by atoms with Crippen LogP contribution >= 0.6 is 0 Å². The Hall–Kier alpha value is -6.38. The molecule has 0 saturated carbocycles. The lowest BCUT2D eigenvalue weighted by atomic mass is 9.82. The fourth-order valence-electron chi connectivity index (χ4n) is 8.38. The summed E-state index contributed by atoms with van der Waals surface area (Å²) in [6.07, 6.45) is 0. The average molecular weight is 654 g/mol. The maximum Gasteiger partial charge on any atom is 0.136 e. The van der Waals surface area contributed by atoms with Crippen LogP contribution in [0.25, 0.3) is 66.1 Å². The number of anilines is 3. The normalized spacial score (nSPS) is 13.1. The van der Waals surface area contributed by atoms with Crippen molar-refractivity contribution >= 4 is 49.8 Å². The Bertz CT molecular complexity index is 2790. The van der Waals surface area contributed by atoms with Gasteiger partial charge in [-0.25, -0.2) is 0 Å². The zero-order chi connectivity index (χ0) is 34.1. The van der Waals surface area contributed by atoms with Gasteiger partial charge in [0.15, 0.2) is 0 Å². The Morgan fingerprint density at radius 3 is 1.92 bits per heavy atom. The first-order chi connectivity index (χ1) is 25.0. The summed E-state index contributed by atoms with van der Waals surface area (Å²) in [5.41, 5.74) is 15.2. The molecule has 0 atom stereocenters. The number of hydrogen-bond donors (Lipinski definition) is 0. The van der Waals surface area contributed by atoms with Gasteiger partial charge < -0.3 is 9.32 Å². The van der Waals surface area contributed by atoms with Crippen LogP contribution in [0.4, 0.5) is 17.1 Å². The van der Waals surface area contributed by atoms with Crippen LogP contribution in [0.5, 0.6) is 0 Å².